The summed E-state index contributed by atoms with van der Waals surface area (Å²) in [5.74, 6) is 0.895. The van der Waals surface area contributed by atoms with E-state index in [2.05, 4.69) is 10.4 Å². The van der Waals surface area contributed by atoms with Crippen LogP contribution in [0.2, 0.25) is 5.02 Å². The Hall–Kier alpha value is -2.01. The van der Waals surface area contributed by atoms with Crippen LogP contribution in [0.4, 0.5) is 5.69 Å². The van der Waals surface area contributed by atoms with Gasteiger partial charge in [0.1, 0.15) is 10.8 Å². The lowest BCUT2D eigenvalue weighted by molar-refractivity contribution is 0.313. The van der Waals surface area contributed by atoms with Gasteiger partial charge in [0.05, 0.1) is 24.5 Å². The van der Waals surface area contributed by atoms with E-state index in [1.165, 1.54) is 4.68 Å². The lowest BCUT2D eigenvalue weighted by atomic mass is 10.2. The highest BCUT2D eigenvalue weighted by Crippen LogP contribution is 2.17. The number of anilines is 1. The van der Waals surface area contributed by atoms with E-state index in [1.807, 2.05) is 45.0 Å². The predicted octanol–water partition coefficient (Wildman–Crippen LogP) is 3.67. The average Bonchev–Trinajstić information content (AvgIpc) is 2.52. The second-order valence-electron chi connectivity index (χ2n) is 5.61. The van der Waals surface area contributed by atoms with Gasteiger partial charge in [-0.1, -0.05) is 29.8 Å². The van der Waals surface area contributed by atoms with Crippen LogP contribution in [0.5, 0.6) is 5.75 Å². The molecular formula is C17H22ClN3O2. The molecule has 5 nitrogen and oxygen atoms in total. The number of ether oxygens (including phenoxy) is 1. The Morgan fingerprint density at radius 3 is 2.78 bits per heavy atom. The molecular weight excluding hydrogens is 314 g/mol. The molecule has 1 aromatic carbocycles. The van der Waals surface area contributed by atoms with Crippen LogP contribution in [0.15, 0.2) is 35.3 Å². The molecule has 0 aliphatic heterocycles. The molecule has 1 aromatic heterocycles. The number of para-hydroxylation sites is 1. The molecule has 0 aliphatic carbocycles. The van der Waals surface area contributed by atoms with Crippen molar-refractivity contribution in [2.24, 2.45) is 0 Å². The standard InChI is InChI=1S/C17H22ClN3O2/c1-12(2)21-17(22)16(18)14(11-20-21)19-9-6-10-23-15-8-5-4-7-13(15)3/h4-5,7-8,11-12,19H,6,9-10H2,1-3H3. The quantitative estimate of drug-likeness (QED) is 0.784. The van der Waals surface area contributed by atoms with Crippen LogP contribution in [0, 0.1) is 6.92 Å². The lowest BCUT2D eigenvalue weighted by Gasteiger charge is -2.13. The van der Waals surface area contributed by atoms with Crippen LogP contribution in [0.1, 0.15) is 31.9 Å². The number of aryl methyl sites for hydroxylation is 1. The van der Waals surface area contributed by atoms with E-state index in [9.17, 15) is 4.79 Å². The van der Waals surface area contributed by atoms with E-state index in [4.69, 9.17) is 16.3 Å². The van der Waals surface area contributed by atoms with E-state index in [0.717, 1.165) is 17.7 Å². The molecule has 0 bridgehead atoms. The second-order valence-corrected chi connectivity index (χ2v) is 5.99. The molecule has 0 fully saturated rings. The smallest absolute Gasteiger partial charge is 0.287 e. The summed E-state index contributed by atoms with van der Waals surface area (Å²) in [4.78, 5) is 12.0. The molecule has 0 radical (unpaired) electrons. The molecule has 1 N–H and O–H groups in total. The Morgan fingerprint density at radius 2 is 2.09 bits per heavy atom. The Bertz CT molecular complexity index is 713. The van der Waals surface area contributed by atoms with Gasteiger partial charge in [-0.05, 0) is 38.8 Å². The molecule has 1 heterocycles. The number of aromatic nitrogens is 2. The first-order chi connectivity index (χ1) is 11.0. The molecule has 0 atom stereocenters. The molecule has 0 saturated heterocycles. The van der Waals surface area contributed by atoms with Gasteiger partial charge in [-0.2, -0.15) is 5.10 Å². The summed E-state index contributed by atoms with van der Waals surface area (Å²) < 4.78 is 7.09. The minimum atomic E-state index is -0.275. The highest BCUT2D eigenvalue weighted by Gasteiger charge is 2.10. The van der Waals surface area contributed by atoms with Gasteiger partial charge in [-0.3, -0.25) is 4.79 Å². The average molecular weight is 336 g/mol. The SMILES string of the molecule is Cc1ccccc1OCCCNc1cnn(C(C)C)c(=O)c1Cl. The van der Waals surface area contributed by atoms with Crippen LogP contribution >= 0.6 is 11.6 Å². The van der Waals surface area contributed by atoms with Gasteiger partial charge in [0.2, 0.25) is 0 Å². The summed E-state index contributed by atoms with van der Waals surface area (Å²) >= 11 is 6.10. The maximum Gasteiger partial charge on any atom is 0.287 e. The van der Waals surface area contributed by atoms with Gasteiger partial charge in [0, 0.05) is 6.54 Å². The molecule has 0 spiro atoms. The zero-order chi connectivity index (χ0) is 16.8. The van der Waals surface area contributed by atoms with Crippen LogP contribution < -0.4 is 15.6 Å². The number of rotatable bonds is 7. The van der Waals surface area contributed by atoms with Crippen molar-refractivity contribution in [3.05, 3.63) is 51.4 Å². The van der Waals surface area contributed by atoms with Crippen molar-refractivity contribution in [1.29, 1.82) is 0 Å². The number of nitrogens with one attached hydrogen (secondary N) is 1. The summed E-state index contributed by atoms with van der Waals surface area (Å²) in [5.41, 5.74) is 1.40. The van der Waals surface area contributed by atoms with E-state index < -0.39 is 0 Å². The third-order valence-corrected chi connectivity index (χ3v) is 3.79. The summed E-state index contributed by atoms with van der Waals surface area (Å²) in [6.07, 6.45) is 2.38. The van der Waals surface area contributed by atoms with E-state index in [1.54, 1.807) is 6.20 Å². The summed E-state index contributed by atoms with van der Waals surface area (Å²) in [6, 6.07) is 7.89. The van der Waals surface area contributed by atoms with Gasteiger partial charge in [-0.25, -0.2) is 4.68 Å². The van der Waals surface area contributed by atoms with Gasteiger partial charge in [0.25, 0.3) is 5.56 Å². The van der Waals surface area contributed by atoms with Crippen molar-refractivity contribution in [1.82, 2.24) is 9.78 Å². The zero-order valence-corrected chi connectivity index (χ0v) is 14.4. The third-order valence-electron chi connectivity index (χ3n) is 3.42. The second kappa shape index (κ2) is 8.02. The van der Waals surface area contributed by atoms with E-state index in [0.29, 0.717) is 18.8 Å². The first-order valence-electron chi connectivity index (χ1n) is 7.70. The molecule has 2 aromatic rings. The van der Waals surface area contributed by atoms with Crippen LogP contribution in [-0.4, -0.2) is 22.9 Å². The Morgan fingerprint density at radius 1 is 1.35 bits per heavy atom. The molecule has 0 amide bonds. The molecule has 0 saturated carbocycles. The van der Waals surface area contributed by atoms with Crippen molar-refractivity contribution < 1.29 is 4.74 Å². The molecule has 6 heteroatoms. The zero-order valence-electron chi connectivity index (χ0n) is 13.7. The third kappa shape index (κ3) is 4.48. The maximum absolute atomic E-state index is 12.0. The Balaban J connectivity index is 1.84. The van der Waals surface area contributed by atoms with Crippen LogP contribution in [-0.2, 0) is 0 Å². The first kappa shape index (κ1) is 17.3. The monoisotopic (exact) mass is 335 g/mol. The van der Waals surface area contributed by atoms with Crippen molar-refractivity contribution >= 4 is 17.3 Å². The van der Waals surface area contributed by atoms with Crippen molar-refractivity contribution in [3.8, 4) is 5.75 Å². The molecule has 0 aliphatic rings. The highest BCUT2D eigenvalue weighted by atomic mass is 35.5. The molecule has 0 unspecified atom stereocenters. The summed E-state index contributed by atoms with van der Waals surface area (Å²) in [6.45, 7) is 7.04. The fraction of sp³-hybridized carbons (Fsp3) is 0.412. The van der Waals surface area contributed by atoms with E-state index in [-0.39, 0.29) is 16.6 Å². The number of benzene rings is 1. The van der Waals surface area contributed by atoms with Gasteiger partial charge < -0.3 is 10.1 Å². The largest absolute Gasteiger partial charge is 0.493 e. The predicted molar refractivity (Wildman–Crippen MR) is 93.7 cm³/mol. The van der Waals surface area contributed by atoms with Crippen molar-refractivity contribution in [3.63, 3.8) is 0 Å². The van der Waals surface area contributed by atoms with Gasteiger partial charge >= 0.3 is 0 Å². The van der Waals surface area contributed by atoms with Crippen molar-refractivity contribution in [2.75, 3.05) is 18.5 Å². The molecule has 23 heavy (non-hydrogen) atoms. The van der Waals surface area contributed by atoms with Crippen LogP contribution in [0.25, 0.3) is 0 Å². The summed E-state index contributed by atoms with van der Waals surface area (Å²) in [5, 5.41) is 7.43. The minimum Gasteiger partial charge on any atom is -0.493 e. The minimum absolute atomic E-state index is 0.0171. The highest BCUT2D eigenvalue weighted by molar-refractivity contribution is 6.32. The first-order valence-corrected chi connectivity index (χ1v) is 8.08. The van der Waals surface area contributed by atoms with Gasteiger partial charge in [-0.15, -0.1) is 0 Å². The summed E-state index contributed by atoms with van der Waals surface area (Å²) in [7, 11) is 0. The number of nitrogens with zero attached hydrogens (tertiary/aromatic N) is 2. The maximum atomic E-state index is 12.0. The number of hydrogen-bond acceptors (Lipinski definition) is 4. The van der Waals surface area contributed by atoms with Gasteiger partial charge in [0.15, 0.2) is 0 Å². The lowest BCUT2D eigenvalue weighted by Crippen LogP contribution is -2.26. The van der Waals surface area contributed by atoms with Crippen molar-refractivity contribution in [2.45, 2.75) is 33.2 Å². The number of halogens is 1. The fourth-order valence-electron chi connectivity index (χ4n) is 2.13. The van der Waals surface area contributed by atoms with E-state index >= 15 is 0 Å². The number of hydrogen-bond donors (Lipinski definition) is 1. The topological polar surface area (TPSA) is 56.1 Å². The Kier molecular flexibility index (Phi) is 6.04. The normalized spacial score (nSPS) is 10.8. The molecule has 124 valence electrons. The van der Waals surface area contributed by atoms with Crippen LogP contribution in [0.3, 0.4) is 0 Å². The molecule has 2 rings (SSSR count). The fourth-order valence-corrected chi connectivity index (χ4v) is 2.33. The Labute approximate surface area is 141 Å².